The molecule has 0 saturated carbocycles. The number of aliphatic hydroxyl groups is 1. The van der Waals surface area contributed by atoms with E-state index in [4.69, 9.17) is 5.73 Å². The van der Waals surface area contributed by atoms with E-state index in [1.165, 1.54) is 16.7 Å². The Bertz CT molecular complexity index is 433. The summed E-state index contributed by atoms with van der Waals surface area (Å²) >= 11 is 1.46. The Morgan fingerprint density at radius 1 is 1.39 bits per heavy atom. The maximum absolute atomic E-state index is 12.0. The number of rotatable bonds is 4. The molecule has 3 N–H and O–H groups in total. The minimum atomic E-state index is -0.446. The summed E-state index contributed by atoms with van der Waals surface area (Å²) < 4.78 is 0. The molecular weight excluding hydrogens is 248 g/mol. The van der Waals surface area contributed by atoms with E-state index >= 15 is 0 Å². The van der Waals surface area contributed by atoms with Crippen LogP contribution in [0, 0.1) is 0 Å². The summed E-state index contributed by atoms with van der Waals surface area (Å²) in [5.41, 5.74) is 6.99. The number of nitrogens with zero attached hydrogens (tertiary/aromatic N) is 1. The van der Waals surface area contributed by atoms with Crippen molar-refractivity contribution in [2.75, 3.05) is 19.8 Å². The minimum absolute atomic E-state index is 0.000474. The lowest BCUT2D eigenvalue weighted by atomic mass is 10.2. The number of thioether (sulfide) groups is 1. The third kappa shape index (κ3) is 3.65. The number of benzene rings is 1. The molecule has 0 fully saturated rings. The summed E-state index contributed by atoms with van der Waals surface area (Å²) in [7, 11) is 3.43. The third-order valence-electron chi connectivity index (χ3n) is 2.63. The smallest absolute Gasteiger partial charge is 0.254 e. The lowest BCUT2D eigenvalue weighted by Crippen LogP contribution is -2.23. The molecule has 2 unspecified atom stereocenters. The van der Waals surface area contributed by atoms with Gasteiger partial charge in [0.25, 0.3) is 5.91 Å². The number of hydrogen-bond donors (Lipinski definition) is 2. The van der Waals surface area contributed by atoms with Crippen molar-refractivity contribution in [2.24, 2.45) is 0 Å². The number of anilines is 1. The molecule has 100 valence electrons. The van der Waals surface area contributed by atoms with E-state index in [0.717, 1.165) is 4.90 Å². The lowest BCUT2D eigenvalue weighted by molar-refractivity contribution is 0.0824. The number of carbonyl (C=O) groups excluding carboxylic acids is 1. The first-order chi connectivity index (χ1) is 8.32. The highest BCUT2D eigenvalue weighted by atomic mass is 32.2. The Morgan fingerprint density at radius 2 is 2.00 bits per heavy atom. The first-order valence-electron chi connectivity index (χ1n) is 5.78. The van der Waals surface area contributed by atoms with Gasteiger partial charge in [0.2, 0.25) is 0 Å². The zero-order chi connectivity index (χ0) is 13.9. The van der Waals surface area contributed by atoms with Crippen LogP contribution in [0.25, 0.3) is 0 Å². The van der Waals surface area contributed by atoms with Crippen LogP contribution >= 0.6 is 11.8 Å². The summed E-state index contributed by atoms with van der Waals surface area (Å²) in [5, 5.41) is 9.54. The van der Waals surface area contributed by atoms with Gasteiger partial charge in [-0.25, -0.2) is 0 Å². The highest BCUT2D eigenvalue weighted by molar-refractivity contribution is 8.00. The van der Waals surface area contributed by atoms with Crippen LogP contribution in [-0.4, -0.2) is 41.4 Å². The minimum Gasteiger partial charge on any atom is -0.399 e. The fourth-order valence-corrected chi connectivity index (χ4v) is 2.44. The Morgan fingerprint density at radius 3 is 2.50 bits per heavy atom. The maximum Gasteiger partial charge on any atom is 0.254 e. The number of carbonyl (C=O) groups is 1. The van der Waals surface area contributed by atoms with Crippen LogP contribution in [0.1, 0.15) is 24.2 Å². The van der Waals surface area contributed by atoms with Crippen LogP contribution in [0.5, 0.6) is 0 Å². The normalized spacial score (nSPS) is 14.1. The first-order valence-corrected chi connectivity index (χ1v) is 6.66. The number of hydrogen-bond acceptors (Lipinski definition) is 4. The van der Waals surface area contributed by atoms with Gasteiger partial charge in [-0.2, -0.15) is 0 Å². The van der Waals surface area contributed by atoms with Crippen molar-refractivity contribution in [2.45, 2.75) is 30.1 Å². The molecule has 0 aliphatic carbocycles. The summed E-state index contributed by atoms with van der Waals surface area (Å²) in [6.45, 7) is 3.65. The van der Waals surface area contributed by atoms with Crippen molar-refractivity contribution < 1.29 is 9.90 Å². The highest BCUT2D eigenvalue weighted by Gasteiger charge is 2.18. The zero-order valence-corrected chi connectivity index (χ0v) is 12.0. The topological polar surface area (TPSA) is 66.6 Å². The lowest BCUT2D eigenvalue weighted by Gasteiger charge is -2.18. The Balaban J connectivity index is 3.08. The van der Waals surface area contributed by atoms with Crippen LogP contribution < -0.4 is 5.73 Å². The van der Waals surface area contributed by atoms with Gasteiger partial charge in [0, 0.05) is 29.9 Å². The molecule has 0 aliphatic heterocycles. The van der Waals surface area contributed by atoms with Crippen LogP contribution in [0.15, 0.2) is 23.1 Å². The largest absolute Gasteiger partial charge is 0.399 e. The van der Waals surface area contributed by atoms with Crippen LogP contribution in [0.4, 0.5) is 5.69 Å². The van der Waals surface area contributed by atoms with Gasteiger partial charge in [0.15, 0.2) is 0 Å². The number of nitrogen functional groups attached to an aromatic ring is 1. The van der Waals surface area contributed by atoms with Gasteiger partial charge >= 0.3 is 0 Å². The van der Waals surface area contributed by atoms with E-state index in [9.17, 15) is 9.90 Å². The molecule has 1 rings (SSSR count). The molecule has 2 atom stereocenters. The second kappa shape index (κ2) is 6.11. The van der Waals surface area contributed by atoms with E-state index in [-0.39, 0.29) is 11.2 Å². The average molecular weight is 268 g/mol. The van der Waals surface area contributed by atoms with Crippen LogP contribution in [0.2, 0.25) is 0 Å². The van der Waals surface area contributed by atoms with E-state index in [2.05, 4.69) is 0 Å². The molecule has 0 spiro atoms. The molecule has 0 aliphatic rings. The summed E-state index contributed by atoms with van der Waals surface area (Å²) in [6, 6.07) is 5.23. The first kappa shape index (κ1) is 14.9. The van der Waals surface area contributed by atoms with Crippen molar-refractivity contribution in [3.8, 4) is 0 Å². The summed E-state index contributed by atoms with van der Waals surface area (Å²) in [5.74, 6) is -0.0599. The molecular formula is C13H20N2O2S. The van der Waals surface area contributed by atoms with Gasteiger partial charge < -0.3 is 15.7 Å². The fraction of sp³-hybridized carbons (Fsp3) is 0.462. The summed E-state index contributed by atoms with van der Waals surface area (Å²) in [6.07, 6.45) is -0.446. The molecule has 5 heteroatoms. The molecule has 18 heavy (non-hydrogen) atoms. The average Bonchev–Trinajstić information content (AvgIpc) is 2.28. The maximum atomic E-state index is 12.0. The standard InChI is InChI=1S/C13H20N2O2S/c1-8(16)9(2)18-12-7-10(14)5-6-11(12)13(17)15(3)4/h5-9,16H,14H2,1-4H3. The van der Waals surface area contributed by atoms with Gasteiger partial charge in [0.1, 0.15) is 0 Å². The van der Waals surface area contributed by atoms with Gasteiger partial charge in [-0.3, -0.25) is 4.79 Å². The number of amides is 1. The highest BCUT2D eigenvalue weighted by Crippen LogP contribution is 2.30. The Kier molecular flexibility index (Phi) is 5.04. The van der Waals surface area contributed by atoms with E-state index < -0.39 is 6.10 Å². The molecule has 4 nitrogen and oxygen atoms in total. The van der Waals surface area contributed by atoms with Crippen molar-refractivity contribution >= 4 is 23.4 Å². The predicted molar refractivity (Wildman–Crippen MR) is 75.9 cm³/mol. The van der Waals surface area contributed by atoms with Crippen molar-refractivity contribution in [3.05, 3.63) is 23.8 Å². The number of nitrogens with two attached hydrogens (primary N) is 1. The second-order valence-electron chi connectivity index (χ2n) is 4.52. The molecule has 0 bridgehead atoms. The molecule has 1 amide bonds. The molecule has 0 aromatic heterocycles. The van der Waals surface area contributed by atoms with Gasteiger partial charge in [-0.05, 0) is 25.1 Å². The molecule has 1 aromatic rings. The fourth-order valence-electron chi connectivity index (χ4n) is 1.35. The van der Waals surface area contributed by atoms with E-state index in [1.807, 2.05) is 6.92 Å². The monoisotopic (exact) mass is 268 g/mol. The van der Waals surface area contributed by atoms with E-state index in [1.54, 1.807) is 39.2 Å². The van der Waals surface area contributed by atoms with Crippen molar-refractivity contribution in [1.82, 2.24) is 4.90 Å². The Labute approximate surface area is 112 Å². The molecule has 0 saturated heterocycles. The molecule has 0 radical (unpaired) electrons. The van der Waals surface area contributed by atoms with Gasteiger partial charge in [0.05, 0.1) is 11.7 Å². The summed E-state index contributed by atoms with van der Waals surface area (Å²) in [4.78, 5) is 14.4. The zero-order valence-electron chi connectivity index (χ0n) is 11.2. The van der Waals surface area contributed by atoms with Gasteiger partial charge in [-0.1, -0.05) is 6.92 Å². The Hall–Kier alpha value is -1.20. The van der Waals surface area contributed by atoms with Crippen molar-refractivity contribution in [1.29, 1.82) is 0 Å². The van der Waals surface area contributed by atoms with E-state index in [0.29, 0.717) is 11.3 Å². The molecule has 0 heterocycles. The predicted octanol–water partition coefficient (Wildman–Crippen LogP) is 1.83. The molecule has 1 aromatic carbocycles. The third-order valence-corrected chi connectivity index (χ3v) is 3.99. The van der Waals surface area contributed by atoms with Crippen LogP contribution in [0.3, 0.4) is 0 Å². The quantitative estimate of drug-likeness (QED) is 0.646. The van der Waals surface area contributed by atoms with Crippen molar-refractivity contribution in [3.63, 3.8) is 0 Å². The van der Waals surface area contributed by atoms with Crippen LogP contribution in [-0.2, 0) is 0 Å². The second-order valence-corrected chi connectivity index (χ2v) is 5.94. The number of aliphatic hydroxyl groups excluding tert-OH is 1. The SMILES string of the molecule is CC(O)C(C)Sc1cc(N)ccc1C(=O)N(C)C. The van der Waals surface area contributed by atoms with Gasteiger partial charge in [-0.15, -0.1) is 11.8 Å².